The summed E-state index contributed by atoms with van der Waals surface area (Å²) in [5.74, 6) is 0.198. The third-order valence-electron chi connectivity index (χ3n) is 7.32. The maximum absolute atomic E-state index is 12.4. The van der Waals surface area contributed by atoms with Gasteiger partial charge < -0.3 is 15.1 Å². The van der Waals surface area contributed by atoms with Gasteiger partial charge in [-0.05, 0) is 54.9 Å². The van der Waals surface area contributed by atoms with Crippen LogP contribution in [0.25, 0.3) is 0 Å². The van der Waals surface area contributed by atoms with Crippen LogP contribution in [0.2, 0.25) is 0 Å². The van der Waals surface area contributed by atoms with Gasteiger partial charge in [-0.25, -0.2) is 0 Å². The van der Waals surface area contributed by atoms with E-state index in [1.54, 1.807) is 12.3 Å². The highest BCUT2D eigenvalue weighted by Gasteiger charge is 2.46. The number of carbonyl (C=O) groups excluding carboxylic acids is 1. The van der Waals surface area contributed by atoms with E-state index in [0.29, 0.717) is 18.2 Å². The van der Waals surface area contributed by atoms with Crippen LogP contribution >= 0.6 is 0 Å². The zero-order chi connectivity index (χ0) is 22.7. The number of carbonyl (C=O) groups is 1. The maximum atomic E-state index is 12.4. The van der Waals surface area contributed by atoms with Gasteiger partial charge in [0, 0.05) is 50.2 Å². The minimum atomic E-state index is -0.154. The second-order valence-electron chi connectivity index (χ2n) is 9.32. The summed E-state index contributed by atoms with van der Waals surface area (Å²) in [6, 6.07) is 14.5. The predicted molar refractivity (Wildman–Crippen MR) is 129 cm³/mol. The predicted octanol–water partition coefficient (Wildman–Crippen LogP) is 4.35. The Balaban J connectivity index is 1.39. The van der Waals surface area contributed by atoms with E-state index >= 15 is 0 Å². The number of benzene rings is 1. The lowest BCUT2D eigenvalue weighted by molar-refractivity contribution is 0.0551. The van der Waals surface area contributed by atoms with E-state index in [1.165, 1.54) is 17.7 Å². The Kier molecular flexibility index (Phi) is 6.35. The Morgan fingerprint density at radius 3 is 2.53 bits per heavy atom. The molecular formula is C27H34N4O. The summed E-state index contributed by atoms with van der Waals surface area (Å²) in [7, 11) is 2.16. The van der Waals surface area contributed by atoms with E-state index in [0.717, 1.165) is 43.7 Å². The molecule has 1 aromatic carbocycles. The minimum Gasteiger partial charge on any atom is -0.378 e. The van der Waals surface area contributed by atoms with Crippen molar-refractivity contribution in [2.75, 3.05) is 33.2 Å². The molecule has 1 aromatic heterocycles. The number of aromatic nitrogens is 1. The van der Waals surface area contributed by atoms with E-state index in [9.17, 15) is 4.79 Å². The Hall–Kier alpha value is -3.08. The molecule has 1 N–H and O–H groups in total. The highest BCUT2D eigenvalue weighted by molar-refractivity contribution is 5.92. The molecular weight excluding hydrogens is 396 g/mol. The van der Waals surface area contributed by atoms with Gasteiger partial charge >= 0.3 is 0 Å². The first-order valence-corrected chi connectivity index (χ1v) is 11.5. The fourth-order valence-corrected chi connectivity index (χ4v) is 5.30. The van der Waals surface area contributed by atoms with Crippen LogP contribution in [0.15, 0.2) is 73.2 Å². The molecule has 32 heavy (non-hydrogen) atoms. The molecule has 1 amide bonds. The second kappa shape index (κ2) is 9.19. The number of hydrogen-bond acceptors (Lipinski definition) is 4. The number of hydrogen-bond donors (Lipinski definition) is 1. The van der Waals surface area contributed by atoms with E-state index in [1.807, 2.05) is 13.0 Å². The van der Waals surface area contributed by atoms with Gasteiger partial charge in [0.25, 0.3) is 5.91 Å². The first-order valence-electron chi connectivity index (χ1n) is 11.5. The van der Waals surface area contributed by atoms with Crippen molar-refractivity contribution in [1.82, 2.24) is 20.1 Å². The number of likely N-dealkylation sites (tertiary alicyclic amines) is 2. The Labute approximate surface area is 191 Å². The molecule has 1 unspecified atom stereocenters. The Morgan fingerprint density at radius 2 is 1.84 bits per heavy atom. The molecule has 4 rings (SSSR count). The number of nitrogens with zero attached hydrogens (tertiary/aromatic N) is 3. The van der Waals surface area contributed by atoms with Gasteiger partial charge in [-0.2, -0.15) is 0 Å². The number of pyridine rings is 1. The number of likely N-dealkylation sites (N-methyl/N-ethyl adjacent to an activating group) is 1. The molecule has 5 heteroatoms. The van der Waals surface area contributed by atoms with E-state index in [-0.39, 0.29) is 11.3 Å². The number of aryl methyl sites for hydroxylation is 1. The molecule has 168 valence electrons. The summed E-state index contributed by atoms with van der Waals surface area (Å²) in [6.07, 6.45) is 5.05. The fraction of sp³-hybridized carbons (Fsp3) is 0.407. The van der Waals surface area contributed by atoms with Gasteiger partial charge in [0.1, 0.15) is 5.69 Å². The molecule has 2 aliphatic rings. The number of rotatable bonds is 5. The van der Waals surface area contributed by atoms with Crippen LogP contribution in [0.4, 0.5) is 0 Å². The van der Waals surface area contributed by atoms with Crippen LogP contribution in [0, 0.1) is 12.3 Å². The van der Waals surface area contributed by atoms with E-state index < -0.39 is 0 Å². The number of allylic oxidation sites excluding steroid dienone is 1. The molecule has 2 fully saturated rings. The molecule has 0 bridgehead atoms. The summed E-state index contributed by atoms with van der Waals surface area (Å²) < 4.78 is 0. The zero-order valence-corrected chi connectivity index (χ0v) is 19.3. The largest absolute Gasteiger partial charge is 0.378 e. The molecule has 2 aromatic rings. The molecule has 3 heterocycles. The van der Waals surface area contributed by atoms with Crippen molar-refractivity contribution < 1.29 is 4.79 Å². The molecule has 1 atom stereocenters. The summed E-state index contributed by atoms with van der Waals surface area (Å²) in [6.45, 7) is 14.1. The Bertz CT molecular complexity index is 992. The van der Waals surface area contributed by atoms with E-state index in [4.69, 9.17) is 0 Å². The number of piperidine rings is 2. The zero-order valence-electron chi connectivity index (χ0n) is 19.3. The monoisotopic (exact) mass is 430 g/mol. The van der Waals surface area contributed by atoms with Crippen LogP contribution in [0.3, 0.4) is 0 Å². The van der Waals surface area contributed by atoms with Crippen molar-refractivity contribution in [3.63, 3.8) is 0 Å². The topological polar surface area (TPSA) is 48.5 Å². The Morgan fingerprint density at radius 1 is 1.16 bits per heavy atom. The first-order chi connectivity index (χ1) is 15.4. The van der Waals surface area contributed by atoms with E-state index in [2.05, 4.69) is 70.6 Å². The standard InChI is InChI=1S/C27H34N4O/c1-20-10-14-28-24(18-20)26(32)29-19-21(2)31-16-12-27(13-17-31)11-15-30(4)22(3)25(27)23-8-6-5-7-9-23/h5-10,14,18,25H,2-3,11-13,15-17,19H2,1,4H3,(H,29,32). The SMILES string of the molecule is C=C1C(c2ccccc2)C2(CCN1C)CCN(C(=C)CNC(=O)c1cc(C)ccn1)CC2. The number of nitrogens with one attached hydrogen (secondary N) is 1. The smallest absolute Gasteiger partial charge is 0.270 e. The van der Waals surface area contributed by atoms with Crippen LogP contribution in [-0.2, 0) is 0 Å². The summed E-state index contributed by atoms with van der Waals surface area (Å²) in [5, 5.41) is 2.98. The lowest BCUT2D eigenvalue weighted by Gasteiger charge is -2.53. The molecule has 2 saturated heterocycles. The van der Waals surface area contributed by atoms with Crippen molar-refractivity contribution in [3.05, 3.63) is 90.0 Å². The molecule has 5 nitrogen and oxygen atoms in total. The maximum Gasteiger partial charge on any atom is 0.270 e. The van der Waals surface area contributed by atoms with Gasteiger partial charge in [0.15, 0.2) is 0 Å². The summed E-state index contributed by atoms with van der Waals surface area (Å²) in [4.78, 5) is 21.3. The molecule has 0 radical (unpaired) electrons. The van der Waals surface area contributed by atoms with Crippen molar-refractivity contribution >= 4 is 5.91 Å². The van der Waals surface area contributed by atoms with Crippen LogP contribution in [0.5, 0.6) is 0 Å². The molecule has 0 saturated carbocycles. The molecule has 1 spiro atoms. The van der Waals surface area contributed by atoms with Crippen LogP contribution in [-0.4, -0.2) is 53.9 Å². The van der Waals surface area contributed by atoms with Crippen LogP contribution in [0.1, 0.15) is 46.8 Å². The van der Waals surface area contributed by atoms with Gasteiger partial charge in [-0.3, -0.25) is 9.78 Å². The third kappa shape index (κ3) is 4.43. The van der Waals surface area contributed by atoms with Gasteiger partial charge in [-0.15, -0.1) is 0 Å². The van der Waals surface area contributed by atoms with Crippen molar-refractivity contribution in [2.24, 2.45) is 5.41 Å². The molecule has 0 aliphatic carbocycles. The average Bonchev–Trinajstić information content (AvgIpc) is 2.81. The minimum absolute atomic E-state index is 0.154. The summed E-state index contributed by atoms with van der Waals surface area (Å²) in [5.41, 5.74) is 5.27. The van der Waals surface area contributed by atoms with Crippen LogP contribution < -0.4 is 5.32 Å². The fourth-order valence-electron chi connectivity index (χ4n) is 5.30. The van der Waals surface area contributed by atoms with Crippen molar-refractivity contribution in [2.45, 2.75) is 32.1 Å². The quantitative estimate of drug-likeness (QED) is 0.766. The normalized spacial score (nSPS) is 20.3. The lowest BCUT2D eigenvalue weighted by atomic mass is 9.61. The molecule has 2 aliphatic heterocycles. The average molecular weight is 431 g/mol. The lowest BCUT2D eigenvalue weighted by Crippen LogP contribution is -2.49. The highest BCUT2D eigenvalue weighted by Crippen LogP contribution is 2.53. The van der Waals surface area contributed by atoms with Gasteiger partial charge in [0.05, 0.1) is 6.54 Å². The first kappa shape index (κ1) is 22.1. The van der Waals surface area contributed by atoms with Gasteiger partial charge in [0.2, 0.25) is 0 Å². The summed E-state index contributed by atoms with van der Waals surface area (Å²) >= 11 is 0. The van der Waals surface area contributed by atoms with Crippen molar-refractivity contribution in [1.29, 1.82) is 0 Å². The third-order valence-corrected chi connectivity index (χ3v) is 7.32. The number of amides is 1. The highest BCUT2D eigenvalue weighted by atomic mass is 16.1. The van der Waals surface area contributed by atoms with Gasteiger partial charge in [-0.1, -0.05) is 43.5 Å². The second-order valence-corrected chi connectivity index (χ2v) is 9.32. The van der Waals surface area contributed by atoms with Crippen molar-refractivity contribution in [3.8, 4) is 0 Å².